The minimum absolute atomic E-state index is 0.00249. The molecule has 0 aliphatic carbocycles. The first-order valence-electron chi connectivity index (χ1n) is 10.7. The van der Waals surface area contributed by atoms with Crippen molar-refractivity contribution in [1.29, 1.82) is 0 Å². The molecule has 0 bridgehead atoms. The minimum Gasteiger partial charge on any atom is -0.497 e. The lowest BCUT2D eigenvalue weighted by molar-refractivity contribution is -0.142. The van der Waals surface area contributed by atoms with Gasteiger partial charge in [0.1, 0.15) is 11.8 Å². The van der Waals surface area contributed by atoms with Crippen LogP contribution >= 0.6 is 0 Å². The molecule has 0 radical (unpaired) electrons. The van der Waals surface area contributed by atoms with Crippen molar-refractivity contribution < 1.29 is 19.1 Å². The zero-order valence-electron chi connectivity index (χ0n) is 17.9. The summed E-state index contributed by atoms with van der Waals surface area (Å²) in [6.45, 7) is 4.70. The van der Waals surface area contributed by atoms with Gasteiger partial charge in [-0.1, -0.05) is 36.4 Å². The highest BCUT2D eigenvalue weighted by molar-refractivity contribution is 5.98. The summed E-state index contributed by atoms with van der Waals surface area (Å²) in [6, 6.07) is 16.8. The number of hydrogen-bond acceptors (Lipinski definition) is 5. The highest BCUT2D eigenvalue weighted by Crippen LogP contribution is 2.21. The van der Waals surface area contributed by atoms with Crippen LogP contribution in [0.1, 0.15) is 15.9 Å². The van der Waals surface area contributed by atoms with Crippen LogP contribution in [0, 0.1) is 0 Å². The molecule has 2 aromatic carbocycles. The summed E-state index contributed by atoms with van der Waals surface area (Å²) in [7, 11) is 1.58. The molecule has 7 nitrogen and oxygen atoms in total. The third-order valence-corrected chi connectivity index (χ3v) is 5.90. The normalized spacial score (nSPS) is 19.8. The van der Waals surface area contributed by atoms with Gasteiger partial charge in [-0.25, -0.2) is 0 Å². The largest absolute Gasteiger partial charge is 0.497 e. The molecular formula is C24H29N3O4. The van der Waals surface area contributed by atoms with E-state index in [-0.39, 0.29) is 11.8 Å². The second-order valence-electron chi connectivity index (χ2n) is 7.90. The maximum atomic E-state index is 13.4. The number of nitrogens with zero attached hydrogens (tertiary/aromatic N) is 3. The van der Waals surface area contributed by atoms with Gasteiger partial charge in [-0.15, -0.1) is 0 Å². The van der Waals surface area contributed by atoms with Crippen molar-refractivity contribution in [3.63, 3.8) is 0 Å². The van der Waals surface area contributed by atoms with Crippen LogP contribution in [0.5, 0.6) is 5.75 Å². The van der Waals surface area contributed by atoms with Gasteiger partial charge in [0.25, 0.3) is 5.91 Å². The van der Waals surface area contributed by atoms with Gasteiger partial charge in [0, 0.05) is 44.8 Å². The predicted octanol–water partition coefficient (Wildman–Crippen LogP) is 1.88. The number of ether oxygens (including phenoxy) is 2. The quantitative estimate of drug-likeness (QED) is 0.735. The number of hydrogen-bond donors (Lipinski definition) is 0. The Bertz CT molecular complexity index is 899. The summed E-state index contributed by atoms with van der Waals surface area (Å²) in [6.07, 6.45) is 0. The van der Waals surface area contributed by atoms with E-state index in [2.05, 4.69) is 17.0 Å². The van der Waals surface area contributed by atoms with Gasteiger partial charge in [0.2, 0.25) is 5.91 Å². The molecule has 0 aromatic heterocycles. The molecule has 7 heteroatoms. The SMILES string of the molecule is COc1cccc(C(=O)N2CCN(Cc3ccccc3)CC2C(=O)N2CCOCC2)c1. The molecule has 31 heavy (non-hydrogen) atoms. The average molecular weight is 424 g/mol. The van der Waals surface area contributed by atoms with E-state index in [0.29, 0.717) is 50.7 Å². The molecule has 0 N–H and O–H groups in total. The van der Waals surface area contributed by atoms with Crippen LogP contribution in [0.4, 0.5) is 0 Å². The molecule has 2 amide bonds. The second-order valence-corrected chi connectivity index (χ2v) is 7.90. The van der Waals surface area contributed by atoms with Crippen LogP contribution in [0.2, 0.25) is 0 Å². The lowest BCUT2D eigenvalue weighted by atomic mass is 10.1. The molecular weight excluding hydrogens is 394 g/mol. The van der Waals surface area contributed by atoms with Crippen LogP contribution in [-0.4, -0.2) is 85.6 Å². The zero-order valence-corrected chi connectivity index (χ0v) is 17.9. The molecule has 164 valence electrons. The highest BCUT2D eigenvalue weighted by atomic mass is 16.5. The Balaban J connectivity index is 1.55. The van der Waals surface area contributed by atoms with Crippen LogP contribution in [-0.2, 0) is 16.1 Å². The van der Waals surface area contributed by atoms with Gasteiger partial charge in [0.15, 0.2) is 0 Å². The van der Waals surface area contributed by atoms with E-state index in [1.807, 2.05) is 29.2 Å². The Kier molecular flexibility index (Phi) is 6.84. The van der Waals surface area contributed by atoms with E-state index in [1.165, 1.54) is 5.56 Å². The Morgan fingerprint density at radius 3 is 2.52 bits per heavy atom. The summed E-state index contributed by atoms with van der Waals surface area (Å²) < 4.78 is 10.7. The molecule has 0 saturated carbocycles. The topological polar surface area (TPSA) is 62.3 Å². The number of benzene rings is 2. The molecule has 2 heterocycles. The molecule has 1 unspecified atom stereocenters. The molecule has 1 atom stereocenters. The minimum atomic E-state index is -0.519. The number of carbonyl (C=O) groups excluding carboxylic acids is 2. The number of amides is 2. The summed E-state index contributed by atoms with van der Waals surface area (Å²) in [4.78, 5) is 32.6. The van der Waals surface area contributed by atoms with Gasteiger partial charge in [-0.2, -0.15) is 0 Å². The highest BCUT2D eigenvalue weighted by Gasteiger charge is 2.38. The molecule has 2 fully saturated rings. The monoisotopic (exact) mass is 423 g/mol. The summed E-state index contributed by atoms with van der Waals surface area (Å²) in [5.41, 5.74) is 1.74. The Labute approximate surface area is 183 Å². The first-order valence-corrected chi connectivity index (χ1v) is 10.7. The maximum absolute atomic E-state index is 13.4. The fraction of sp³-hybridized carbons (Fsp3) is 0.417. The standard InChI is InChI=1S/C24H29N3O4/c1-30-21-9-5-8-20(16-21)23(28)27-11-10-25(17-19-6-3-2-4-7-19)18-22(27)24(29)26-12-14-31-15-13-26/h2-9,16,22H,10-15,17-18H2,1H3. The van der Waals surface area contributed by atoms with Crippen molar-refractivity contribution in [3.8, 4) is 5.75 Å². The Morgan fingerprint density at radius 1 is 1.00 bits per heavy atom. The van der Waals surface area contributed by atoms with E-state index in [9.17, 15) is 9.59 Å². The Hall–Kier alpha value is -2.90. The second kappa shape index (κ2) is 9.94. The Morgan fingerprint density at radius 2 is 1.77 bits per heavy atom. The average Bonchev–Trinajstić information content (AvgIpc) is 2.84. The van der Waals surface area contributed by atoms with E-state index < -0.39 is 6.04 Å². The van der Waals surface area contributed by atoms with Gasteiger partial charge < -0.3 is 19.3 Å². The van der Waals surface area contributed by atoms with Crippen LogP contribution in [0.25, 0.3) is 0 Å². The number of rotatable bonds is 5. The lowest BCUT2D eigenvalue weighted by Gasteiger charge is -2.43. The van der Waals surface area contributed by atoms with Crippen molar-refractivity contribution in [3.05, 3.63) is 65.7 Å². The number of carbonyl (C=O) groups is 2. The molecule has 0 spiro atoms. The van der Waals surface area contributed by atoms with Crippen LogP contribution < -0.4 is 4.74 Å². The molecule has 2 saturated heterocycles. The molecule has 2 aromatic rings. The predicted molar refractivity (Wildman–Crippen MR) is 117 cm³/mol. The lowest BCUT2D eigenvalue weighted by Crippen LogP contribution is -2.61. The van der Waals surface area contributed by atoms with Crippen molar-refractivity contribution in [2.45, 2.75) is 12.6 Å². The first kappa shape index (κ1) is 21.3. The van der Waals surface area contributed by atoms with Crippen molar-refractivity contribution in [1.82, 2.24) is 14.7 Å². The van der Waals surface area contributed by atoms with E-state index in [4.69, 9.17) is 9.47 Å². The third-order valence-electron chi connectivity index (χ3n) is 5.90. The molecule has 4 rings (SSSR count). The molecule has 2 aliphatic heterocycles. The summed E-state index contributed by atoms with van der Waals surface area (Å²) in [5.74, 6) is 0.492. The van der Waals surface area contributed by atoms with Gasteiger partial charge in [0.05, 0.1) is 20.3 Å². The first-order chi connectivity index (χ1) is 15.2. The van der Waals surface area contributed by atoms with Crippen LogP contribution in [0.3, 0.4) is 0 Å². The summed E-state index contributed by atoms with van der Waals surface area (Å²) in [5, 5.41) is 0. The van der Waals surface area contributed by atoms with Crippen molar-refractivity contribution in [2.24, 2.45) is 0 Å². The third kappa shape index (κ3) is 5.06. The summed E-state index contributed by atoms with van der Waals surface area (Å²) >= 11 is 0. The van der Waals surface area contributed by atoms with Crippen molar-refractivity contribution >= 4 is 11.8 Å². The fourth-order valence-corrected chi connectivity index (χ4v) is 4.20. The number of piperazine rings is 1. The van der Waals surface area contributed by atoms with Gasteiger partial charge >= 0.3 is 0 Å². The van der Waals surface area contributed by atoms with Crippen LogP contribution in [0.15, 0.2) is 54.6 Å². The smallest absolute Gasteiger partial charge is 0.254 e. The van der Waals surface area contributed by atoms with Crippen molar-refractivity contribution in [2.75, 3.05) is 53.0 Å². The van der Waals surface area contributed by atoms with E-state index in [1.54, 1.807) is 30.2 Å². The number of morpholine rings is 1. The van der Waals surface area contributed by atoms with Gasteiger partial charge in [-0.05, 0) is 23.8 Å². The maximum Gasteiger partial charge on any atom is 0.254 e. The van der Waals surface area contributed by atoms with E-state index >= 15 is 0 Å². The fourth-order valence-electron chi connectivity index (χ4n) is 4.20. The van der Waals surface area contributed by atoms with E-state index in [0.717, 1.165) is 13.1 Å². The van der Waals surface area contributed by atoms with Gasteiger partial charge in [-0.3, -0.25) is 14.5 Å². The zero-order chi connectivity index (χ0) is 21.6. The number of methoxy groups -OCH3 is 1. The molecule has 2 aliphatic rings.